The Balaban J connectivity index is 1.24. The summed E-state index contributed by atoms with van der Waals surface area (Å²) in [6.45, 7) is 4.86. The number of oxazole rings is 1. The third kappa shape index (κ3) is 4.49. The van der Waals surface area contributed by atoms with Crippen molar-refractivity contribution in [2.75, 3.05) is 26.2 Å². The van der Waals surface area contributed by atoms with Crippen LogP contribution in [-0.4, -0.2) is 47.3 Å². The van der Waals surface area contributed by atoms with Gasteiger partial charge < -0.3 is 19.2 Å². The van der Waals surface area contributed by atoms with E-state index in [1.807, 2.05) is 55.5 Å². The van der Waals surface area contributed by atoms with Gasteiger partial charge in [-0.05, 0) is 57.1 Å². The summed E-state index contributed by atoms with van der Waals surface area (Å²) in [5, 5.41) is 10.3. The molecule has 0 amide bonds. The van der Waals surface area contributed by atoms with E-state index in [1.54, 1.807) is 0 Å². The normalized spacial score (nSPS) is 17.3. The van der Waals surface area contributed by atoms with Crippen molar-refractivity contribution in [2.45, 2.75) is 31.8 Å². The maximum absolute atomic E-state index is 10.3. The van der Waals surface area contributed by atoms with Crippen molar-refractivity contribution in [1.82, 2.24) is 9.88 Å². The average molecular weight is 366 g/mol. The van der Waals surface area contributed by atoms with Gasteiger partial charge >= 0.3 is 0 Å². The van der Waals surface area contributed by atoms with Crippen molar-refractivity contribution in [3.05, 3.63) is 60.0 Å². The van der Waals surface area contributed by atoms with Crippen LogP contribution < -0.4 is 4.74 Å². The van der Waals surface area contributed by atoms with E-state index in [4.69, 9.17) is 9.15 Å². The van der Waals surface area contributed by atoms with Crippen molar-refractivity contribution in [2.24, 2.45) is 0 Å². The van der Waals surface area contributed by atoms with Crippen LogP contribution in [0.2, 0.25) is 0 Å². The Hall–Kier alpha value is -2.37. The maximum atomic E-state index is 10.3. The SMILES string of the molecule is Cc1ccc(OCC(O)CN2CCC(c3nc4ccccc4o3)CC2)cc1. The summed E-state index contributed by atoms with van der Waals surface area (Å²) >= 11 is 0. The van der Waals surface area contributed by atoms with Gasteiger partial charge in [-0.3, -0.25) is 0 Å². The monoisotopic (exact) mass is 366 g/mol. The molecular formula is C22H26N2O3. The first-order chi connectivity index (χ1) is 13.2. The second kappa shape index (κ2) is 8.11. The van der Waals surface area contributed by atoms with E-state index in [-0.39, 0.29) is 0 Å². The van der Waals surface area contributed by atoms with Crippen molar-refractivity contribution in [3.8, 4) is 5.75 Å². The fraction of sp³-hybridized carbons (Fsp3) is 0.409. The number of hydrogen-bond acceptors (Lipinski definition) is 5. The highest BCUT2D eigenvalue weighted by molar-refractivity contribution is 5.72. The van der Waals surface area contributed by atoms with Crippen LogP contribution in [0.1, 0.15) is 30.2 Å². The molecule has 1 aromatic heterocycles. The van der Waals surface area contributed by atoms with Gasteiger partial charge in [-0.15, -0.1) is 0 Å². The van der Waals surface area contributed by atoms with Gasteiger partial charge in [0.05, 0.1) is 0 Å². The zero-order valence-electron chi connectivity index (χ0n) is 15.7. The van der Waals surface area contributed by atoms with E-state index >= 15 is 0 Å². The minimum Gasteiger partial charge on any atom is -0.491 e. The van der Waals surface area contributed by atoms with E-state index in [9.17, 15) is 5.11 Å². The highest BCUT2D eigenvalue weighted by atomic mass is 16.5. The summed E-state index contributed by atoms with van der Waals surface area (Å²) < 4.78 is 11.6. The largest absolute Gasteiger partial charge is 0.491 e. The Morgan fingerprint density at radius 2 is 1.89 bits per heavy atom. The van der Waals surface area contributed by atoms with Gasteiger partial charge in [0.25, 0.3) is 0 Å². The second-order valence-electron chi connectivity index (χ2n) is 7.37. The van der Waals surface area contributed by atoms with Crippen molar-refractivity contribution < 1.29 is 14.3 Å². The van der Waals surface area contributed by atoms with E-state index in [0.717, 1.165) is 48.7 Å². The van der Waals surface area contributed by atoms with Gasteiger partial charge in [-0.2, -0.15) is 0 Å². The molecule has 2 heterocycles. The quantitative estimate of drug-likeness (QED) is 0.720. The minimum atomic E-state index is -0.493. The number of hydrogen-bond donors (Lipinski definition) is 1. The molecule has 1 aliphatic rings. The number of fused-ring (bicyclic) bond motifs is 1. The predicted octanol–water partition coefficient (Wildman–Crippen LogP) is 3.76. The van der Waals surface area contributed by atoms with E-state index in [0.29, 0.717) is 19.1 Å². The second-order valence-corrected chi connectivity index (χ2v) is 7.37. The summed E-state index contributed by atoms with van der Waals surface area (Å²) in [5.74, 6) is 2.00. The molecule has 0 radical (unpaired) electrons. The van der Waals surface area contributed by atoms with Crippen LogP contribution in [0.3, 0.4) is 0 Å². The smallest absolute Gasteiger partial charge is 0.198 e. The minimum absolute atomic E-state index is 0.314. The number of para-hydroxylation sites is 2. The Kier molecular flexibility index (Phi) is 5.41. The van der Waals surface area contributed by atoms with Gasteiger partial charge in [-0.1, -0.05) is 29.8 Å². The zero-order valence-corrected chi connectivity index (χ0v) is 15.7. The van der Waals surface area contributed by atoms with Crippen LogP contribution in [0, 0.1) is 6.92 Å². The maximum Gasteiger partial charge on any atom is 0.198 e. The number of aryl methyl sites for hydroxylation is 1. The Bertz CT molecular complexity index is 834. The van der Waals surface area contributed by atoms with Gasteiger partial charge in [-0.25, -0.2) is 4.98 Å². The number of benzene rings is 2. The first-order valence-electron chi connectivity index (χ1n) is 9.63. The molecule has 27 heavy (non-hydrogen) atoms. The number of rotatable bonds is 6. The number of β-amino-alcohol motifs (C(OH)–C–C–N with tert-alkyl or cyclic N) is 1. The highest BCUT2D eigenvalue weighted by Gasteiger charge is 2.25. The number of aromatic nitrogens is 1. The summed E-state index contributed by atoms with van der Waals surface area (Å²) in [6.07, 6.45) is 1.50. The molecule has 3 aromatic rings. The van der Waals surface area contributed by atoms with Gasteiger partial charge in [0.15, 0.2) is 11.5 Å². The molecule has 2 aromatic carbocycles. The molecule has 1 aliphatic heterocycles. The van der Waals surface area contributed by atoms with Gasteiger partial charge in [0.1, 0.15) is 24.0 Å². The molecule has 1 saturated heterocycles. The molecule has 1 N–H and O–H groups in total. The van der Waals surface area contributed by atoms with Gasteiger partial charge in [0, 0.05) is 12.5 Å². The van der Waals surface area contributed by atoms with Crippen molar-refractivity contribution >= 4 is 11.1 Å². The summed E-state index contributed by atoms with van der Waals surface area (Å²) in [6, 6.07) is 15.8. The first-order valence-corrected chi connectivity index (χ1v) is 9.63. The van der Waals surface area contributed by atoms with Crippen LogP contribution in [0.5, 0.6) is 5.75 Å². The van der Waals surface area contributed by atoms with Gasteiger partial charge in [0.2, 0.25) is 0 Å². The van der Waals surface area contributed by atoms with Crippen LogP contribution in [-0.2, 0) is 0 Å². The third-order valence-corrected chi connectivity index (χ3v) is 5.18. The topological polar surface area (TPSA) is 58.7 Å². The Morgan fingerprint density at radius 3 is 2.63 bits per heavy atom. The summed E-state index contributed by atoms with van der Waals surface area (Å²) in [7, 11) is 0. The van der Waals surface area contributed by atoms with E-state index < -0.39 is 6.10 Å². The summed E-state index contributed by atoms with van der Waals surface area (Å²) in [4.78, 5) is 6.93. The molecule has 1 fully saturated rings. The fourth-order valence-corrected chi connectivity index (χ4v) is 3.60. The first kappa shape index (κ1) is 18.0. The molecule has 1 unspecified atom stereocenters. The third-order valence-electron chi connectivity index (χ3n) is 5.18. The number of aliphatic hydroxyl groups excluding tert-OH is 1. The number of aliphatic hydroxyl groups is 1. The molecule has 5 heteroatoms. The lowest BCUT2D eigenvalue weighted by Crippen LogP contribution is -2.40. The molecule has 0 aliphatic carbocycles. The lowest BCUT2D eigenvalue weighted by atomic mass is 9.96. The number of nitrogens with zero attached hydrogens (tertiary/aromatic N) is 2. The Morgan fingerprint density at radius 1 is 1.15 bits per heavy atom. The lowest BCUT2D eigenvalue weighted by Gasteiger charge is -2.31. The van der Waals surface area contributed by atoms with E-state index in [2.05, 4.69) is 9.88 Å². The summed E-state index contributed by atoms with van der Waals surface area (Å²) in [5.41, 5.74) is 2.99. The fourth-order valence-electron chi connectivity index (χ4n) is 3.60. The van der Waals surface area contributed by atoms with Crippen molar-refractivity contribution in [3.63, 3.8) is 0 Å². The number of piperidine rings is 1. The molecule has 0 bridgehead atoms. The standard InChI is InChI=1S/C22H26N2O3/c1-16-6-8-19(9-7-16)26-15-18(25)14-24-12-10-17(11-13-24)22-23-20-4-2-3-5-21(20)27-22/h2-9,17-18,25H,10-15H2,1H3. The van der Waals surface area contributed by atoms with Crippen LogP contribution >= 0.6 is 0 Å². The molecule has 0 saturated carbocycles. The molecule has 1 atom stereocenters. The predicted molar refractivity (Wildman–Crippen MR) is 105 cm³/mol. The zero-order chi connectivity index (χ0) is 18.6. The van der Waals surface area contributed by atoms with Crippen LogP contribution in [0.25, 0.3) is 11.1 Å². The van der Waals surface area contributed by atoms with Crippen LogP contribution in [0.15, 0.2) is 52.9 Å². The Labute approximate surface area is 159 Å². The average Bonchev–Trinajstić information content (AvgIpc) is 3.12. The highest BCUT2D eigenvalue weighted by Crippen LogP contribution is 2.29. The van der Waals surface area contributed by atoms with E-state index in [1.165, 1.54) is 5.56 Å². The molecule has 5 nitrogen and oxygen atoms in total. The lowest BCUT2D eigenvalue weighted by molar-refractivity contribution is 0.0583. The molecular weight excluding hydrogens is 340 g/mol. The van der Waals surface area contributed by atoms with Crippen LogP contribution in [0.4, 0.5) is 0 Å². The number of ether oxygens (including phenoxy) is 1. The molecule has 4 rings (SSSR count). The van der Waals surface area contributed by atoms with Crippen molar-refractivity contribution in [1.29, 1.82) is 0 Å². The molecule has 142 valence electrons. The number of likely N-dealkylation sites (tertiary alicyclic amines) is 1. The molecule has 0 spiro atoms.